The van der Waals surface area contributed by atoms with Gasteiger partial charge in [0, 0.05) is 16.0 Å². The van der Waals surface area contributed by atoms with Gasteiger partial charge in [0.15, 0.2) is 11.6 Å². The average molecular weight is 458 g/mol. The zero-order valence-electron chi connectivity index (χ0n) is 16.1. The maximum Gasteiger partial charge on any atom is 0.272 e. The Morgan fingerprint density at radius 3 is 2.16 bits per heavy atom. The molecule has 0 aromatic heterocycles. The van der Waals surface area contributed by atoms with Crippen LogP contribution in [0.3, 0.4) is 0 Å². The topological polar surface area (TPSA) is 46.6 Å². The lowest BCUT2D eigenvalue weighted by molar-refractivity contribution is -0.119. The van der Waals surface area contributed by atoms with Gasteiger partial charge in [0.05, 0.1) is 23.3 Å². The van der Waals surface area contributed by atoms with Crippen molar-refractivity contribution in [1.29, 1.82) is 0 Å². The Hall–Kier alpha value is -3.16. The van der Waals surface area contributed by atoms with E-state index in [0.29, 0.717) is 21.2 Å². The largest absolute Gasteiger partial charge is 0.497 e. The lowest BCUT2D eigenvalue weighted by atomic mass is 10.1. The summed E-state index contributed by atoms with van der Waals surface area (Å²) in [5.41, 5.74) is 0.615. The van der Waals surface area contributed by atoms with E-state index >= 15 is 0 Å². The monoisotopic (exact) mass is 457 g/mol. The van der Waals surface area contributed by atoms with Crippen molar-refractivity contribution in [2.75, 3.05) is 12.0 Å². The highest BCUT2D eigenvalue weighted by atomic mass is 35.5. The van der Waals surface area contributed by atoms with Gasteiger partial charge in [0.1, 0.15) is 5.75 Å². The van der Waals surface area contributed by atoms with Crippen LogP contribution in [0, 0.1) is 11.6 Å². The molecule has 3 aromatic rings. The number of methoxy groups -OCH3 is 1. The third kappa shape index (κ3) is 4.06. The predicted octanol–water partition coefficient (Wildman–Crippen LogP) is 5.70. The van der Waals surface area contributed by atoms with E-state index in [2.05, 4.69) is 0 Å². The van der Waals surface area contributed by atoms with Crippen molar-refractivity contribution >= 4 is 46.4 Å². The summed E-state index contributed by atoms with van der Waals surface area (Å²) in [6.07, 6.45) is 0. The standard InChI is InChI=1S/C23H14ClF2NO3S/c1-30-16-7-2-13(3-8-16)20-21(31-17-9-4-14(24)5-10-17)23(29)27(22(20)28)15-6-11-18(25)19(26)12-15/h2-12H,1H3. The number of imide groups is 1. The number of carbonyl (C=O) groups is 2. The number of halogens is 3. The molecule has 1 aliphatic rings. The first-order chi connectivity index (χ1) is 14.9. The van der Waals surface area contributed by atoms with Crippen molar-refractivity contribution in [3.63, 3.8) is 0 Å². The Labute approximate surface area is 186 Å². The summed E-state index contributed by atoms with van der Waals surface area (Å²) >= 11 is 7.04. The molecule has 1 aliphatic heterocycles. The first-order valence-corrected chi connectivity index (χ1v) is 10.2. The third-order valence-corrected chi connectivity index (χ3v) is 5.96. The second-order valence-electron chi connectivity index (χ2n) is 6.53. The maximum atomic E-state index is 13.8. The van der Waals surface area contributed by atoms with Crippen molar-refractivity contribution in [2.45, 2.75) is 4.90 Å². The minimum absolute atomic E-state index is 0.0494. The highest BCUT2D eigenvalue weighted by molar-refractivity contribution is 8.04. The molecule has 156 valence electrons. The molecule has 0 N–H and O–H groups in total. The van der Waals surface area contributed by atoms with Crippen LogP contribution in [0.25, 0.3) is 5.57 Å². The number of nitrogens with zero attached hydrogens (tertiary/aromatic N) is 1. The molecular formula is C23H14ClF2NO3S. The van der Waals surface area contributed by atoms with E-state index in [4.69, 9.17) is 16.3 Å². The fourth-order valence-electron chi connectivity index (χ4n) is 3.10. The molecule has 0 bridgehead atoms. The molecular weight excluding hydrogens is 444 g/mol. The van der Waals surface area contributed by atoms with Crippen LogP contribution in [0.4, 0.5) is 14.5 Å². The summed E-state index contributed by atoms with van der Waals surface area (Å²) < 4.78 is 32.3. The van der Waals surface area contributed by atoms with E-state index in [-0.39, 0.29) is 16.2 Å². The molecule has 4 nitrogen and oxygen atoms in total. The number of rotatable bonds is 5. The summed E-state index contributed by atoms with van der Waals surface area (Å²) in [6, 6.07) is 16.4. The van der Waals surface area contributed by atoms with Gasteiger partial charge in [-0.15, -0.1) is 0 Å². The zero-order chi connectivity index (χ0) is 22.1. The van der Waals surface area contributed by atoms with Crippen LogP contribution < -0.4 is 9.64 Å². The van der Waals surface area contributed by atoms with Crippen molar-refractivity contribution in [3.8, 4) is 5.75 Å². The van der Waals surface area contributed by atoms with Crippen LogP contribution in [-0.4, -0.2) is 18.9 Å². The van der Waals surface area contributed by atoms with Gasteiger partial charge in [0.25, 0.3) is 11.8 Å². The molecule has 0 saturated carbocycles. The van der Waals surface area contributed by atoms with Gasteiger partial charge < -0.3 is 4.74 Å². The summed E-state index contributed by atoms with van der Waals surface area (Å²) in [6.45, 7) is 0. The minimum atomic E-state index is -1.15. The fourth-order valence-corrected chi connectivity index (χ4v) is 4.22. The Balaban J connectivity index is 1.81. The number of amides is 2. The van der Waals surface area contributed by atoms with Gasteiger partial charge in [-0.1, -0.05) is 35.5 Å². The summed E-state index contributed by atoms with van der Waals surface area (Å²) in [5, 5.41) is 0.533. The number of ether oxygens (including phenoxy) is 1. The van der Waals surface area contributed by atoms with Crippen LogP contribution in [0.1, 0.15) is 5.56 Å². The molecule has 31 heavy (non-hydrogen) atoms. The highest BCUT2D eigenvalue weighted by Gasteiger charge is 2.40. The number of benzene rings is 3. The molecule has 0 radical (unpaired) electrons. The van der Waals surface area contributed by atoms with Crippen LogP contribution in [0.15, 0.2) is 76.5 Å². The van der Waals surface area contributed by atoms with Crippen LogP contribution in [0.5, 0.6) is 5.75 Å². The van der Waals surface area contributed by atoms with E-state index in [9.17, 15) is 18.4 Å². The molecule has 4 rings (SSSR count). The van der Waals surface area contributed by atoms with Gasteiger partial charge >= 0.3 is 0 Å². The minimum Gasteiger partial charge on any atom is -0.497 e. The third-order valence-electron chi connectivity index (χ3n) is 4.61. The first kappa shape index (κ1) is 21.1. The number of hydrogen-bond donors (Lipinski definition) is 0. The number of thioether (sulfide) groups is 1. The second-order valence-corrected chi connectivity index (χ2v) is 8.05. The SMILES string of the molecule is COc1ccc(C2=C(Sc3ccc(Cl)cc3)C(=O)N(c3ccc(F)c(F)c3)C2=O)cc1. The van der Waals surface area contributed by atoms with Crippen LogP contribution >= 0.6 is 23.4 Å². The molecule has 0 fully saturated rings. The quantitative estimate of drug-likeness (QED) is 0.461. The fraction of sp³-hybridized carbons (Fsp3) is 0.0435. The number of hydrogen-bond acceptors (Lipinski definition) is 4. The van der Waals surface area contributed by atoms with E-state index in [0.717, 1.165) is 28.8 Å². The molecule has 0 spiro atoms. The second kappa shape index (κ2) is 8.53. The van der Waals surface area contributed by atoms with Crippen molar-refractivity contribution in [1.82, 2.24) is 0 Å². The Morgan fingerprint density at radius 2 is 1.55 bits per heavy atom. The Morgan fingerprint density at radius 1 is 0.871 bits per heavy atom. The van der Waals surface area contributed by atoms with Gasteiger partial charge in [-0.25, -0.2) is 13.7 Å². The zero-order valence-corrected chi connectivity index (χ0v) is 17.6. The number of carbonyl (C=O) groups excluding carboxylic acids is 2. The van der Waals surface area contributed by atoms with Crippen molar-refractivity contribution < 1.29 is 23.1 Å². The molecule has 0 atom stereocenters. The smallest absolute Gasteiger partial charge is 0.272 e. The number of anilines is 1. The van der Waals surface area contributed by atoms with E-state index in [1.807, 2.05) is 0 Å². The highest BCUT2D eigenvalue weighted by Crippen LogP contribution is 2.42. The van der Waals surface area contributed by atoms with Crippen molar-refractivity contribution in [3.05, 3.63) is 93.9 Å². The molecule has 3 aromatic carbocycles. The normalized spacial score (nSPS) is 13.9. The first-order valence-electron chi connectivity index (χ1n) is 9.05. The van der Waals surface area contributed by atoms with Gasteiger partial charge in [0.2, 0.25) is 0 Å². The molecule has 0 saturated heterocycles. The molecule has 0 unspecified atom stereocenters. The van der Waals surface area contributed by atoms with Crippen LogP contribution in [-0.2, 0) is 9.59 Å². The lowest BCUT2D eigenvalue weighted by Crippen LogP contribution is -2.31. The van der Waals surface area contributed by atoms with Gasteiger partial charge in [-0.3, -0.25) is 9.59 Å². The Bertz CT molecular complexity index is 1210. The molecule has 2 amide bonds. The molecule has 1 heterocycles. The summed E-state index contributed by atoms with van der Waals surface area (Å²) in [4.78, 5) is 28.2. The van der Waals surface area contributed by atoms with Gasteiger partial charge in [-0.05, 0) is 54.1 Å². The van der Waals surface area contributed by atoms with E-state index in [1.54, 1.807) is 48.5 Å². The summed E-state index contributed by atoms with van der Waals surface area (Å²) in [7, 11) is 1.52. The van der Waals surface area contributed by atoms with E-state index in [1.165, 1.54) is 13.2 Å². The van der Waals surface area contributed by atoms with Crippen LogP contribution in [0.2, 0.25) is 5.02 Å². The van der Waals surface area contributed by atoms with Gasteiger partial charge in [-0.2, -0.15) is 0 Å². The average Bonchev–Trinajstić information content (AvgIpc) is 3.01. The maximum absolute atomic E-state index is 13.8. The predicted molar refractivity (Wildman–Crippen MR) is 116 cm³/mol. The molecule has 8 heteroatoms. The van der Waals surface area contributed by atoms with E-state index < -0.39 is 23.4 Å². The molecule has 0 aliphatic carbocycles. The summed E-state index contributed by atoms with van der Waals surface area (Å²) in [5.74, 6) is -2.88. The lowest BCUT2D eigenvalue weighted by Gasteiger charge is -2.15. The Kier molecular flexibility index (Phi) is 5.80. The van der Waals surface area contributed by atoms with Crippen molar-refractivity contribution in [2.24, 2.45) is 0 Å².